The molecular formula is C12H13ClF2O4. The number of aliphatic carboxylic acids is 1. The van der Waals surface area contributed by atoms with E-state index in [9.17, 15) is 18.7 Å². The standard InChI is InChI=1S/C12H13ClF2O4/c13-5-1-2-7-3-4-9(19-12(14)15)8(6-7)10(16)11(17)18/h3-4,6,10,12,16H,1-2,5H2,(H,17,18). The third kappa shape index (κ3) is 4.65. The summed E-state index contributed by atoms with van der Waals surface area (Å²) in [4.78, 5) is 10.7. The lowest BCUT2D eigenvalue weighted by atomic mass is 10.0. The summed E-state index contributed by atoms with van der Waals surface area (Å²) in [6.45, 7) is -3.09. The van der Waals surface area contributed by atoms with Crippen molar-refractivity contribution in [1.82, 2.24) is 0 Å². The van der Waals surface area contributed by atoms with E-state index in [4.69, 9.17) is 16.7 Å². The predicted octanol–water partition coefficient (Wildman–Crippen LogP) is 2.58. The zero-order valence-corrected chi connectivity index (χ0v) is 10.6. The fourth-order valence-corrected chi connectivity index (χ4v) is 1.71. The van der Waals surface area contributed by atoms with Gasteiger partial charge in [-0.2, -0.15) is 8.78 Å². The molecule has 0 fully saturated rings. The average molecular weight is 295 g/mol. The number of aryl methyl sites for hydroxylation is 1. The van der Waals surface area contributed by atoms with Crippen molar-refractivity contribution in [3.63, 3.8) is 0 Å². The Morgan fingerprint density at radius 3 is 2.63 bits per heavy atom. The normalized spacial score (nSPS) is 12.5. The number of rotatable bonds is 7. The first-order chi connectivity index (χ1) is 8.95. The Bertz CT molecular complexity index is 440. The fraction of sp³-hybridized carbons (Fsp3) is 0.417. The molecule has 0 aliphatic heterocycles. The Morgan fingerprint density at radius 1 is 1.42 bits per heavy atom. The smallest absolute Gasteiger partial charge is 0.387 e. The molecule has 106 valence electrons. The first-order valence-electron chi connectivity index (χ1n) is 5.50. The summed E-state index contributed by atoms with van der Waals surface area (Å²) >= 11 is 5.54. The van der Waals surface area contributed by atoms with Crippen molar-refractivity contribution >= 4 is 17.6 Å². The van der Waals surface area contributed by atoms with E-state index in [2.05, 4.69) is 4.74 Å². The summed E-state index contributed by atoms with van der Waals surface area (Å²) in [7, 11) is 0. The van der Waals surface area contributed by atoms with E-state index >= 15 is 0 Å². The van der Waals surface area contributed by atoms with Gasteiger partial charge in [0.2, 0.25) is 0 Å². The molecule has 0 aliphatic carbocycles. The first kappa shape index (κ1) is 15.7. The maximum absolute atomic E-state index is 12.2. The van der Waals surface area contributed by atoms with Gasteiger partial charge in [0, 0.05) is 11.4 Å². The minimum Gasteiger partial charge on any atom is -0.479 e. The number of aliphatic hydroxyl groups is 1. The van der Waals surface area contributed by atoms with Gasteiger partial charge in [0.05, 0.1) is 0 Å². The van der Waals surface area contributed by atoms with E-state index in [1.807, 2.05) is 0 Å². The SMILES string of the molecule is O=C(O)C(O)c1cc(CCCCl)ccc1OC(F)F. The fourth-order valence-electron chi connectivity index (χ4n) is 1.57. The van der Waals surface area contributed by atoms with Crippen LogP contribution in [0.5, 0.6) is 5.75 Å². The molecule has 0 amide bonds. The number of benzene rings is 1. The molecule has 1 atom stereocenters. The molecule has 0 heterocycles. The molecule has 1 aromatic carbocycles. The first-order valence-corrected chi connectivity index (χ1v) is 6.03. The van der Waals surface area contributed by atoms with E-state index in [-0.39, 0.29) is 11.3 Å². The van der Waals surface area contributed by atoms with Crippen molar-refractivity contribution in [2.75, 3.05) is 5.88 Å². The Hall–Kier alpha value is -1.40. The number of aliphatic hydroxyl groups excluding tert-OH is 1. The molecule has 0 spiro atoms. The number of carboxylic acids is 1. The second-order valence-electron chi connectivity index (χ2n) is 3.78. The molecule has 0 aliphatic rings. The summed E-state index contributed by atoms with van der Waals surface area (Å²) in [6.07, 6.45) is -0.707. The zero-order valence-electron chi connectivity index (χ0n) is 9.85. The Kier molecular flexibility index (Phi) is 5.98. The minimum absolute atomic E-state index is 0.195. The number of alkyl halides is 3. The highest BCUT2D eigenvalue weighted by atomic mass is 35.5. The second kappa shape index (κ2) is 7.25. The molecule has 0 radical (unpaired) electrons. The molecule has 2 N–H and O–H groups in total. The molecule has 1 unspecified atom stereocenters. The minimum atomic E-state index is -3.09. The second-order valence-corrected chi connectivity index (χ2v) is 4.16. The Balaban J connectivity index is 3.06. The van der Waals surface area contributed by atoms with Crippen LogP contribution in [0, 0.1) is 0 Å². The van der Waals surface area contributed by atoms with Crippen LogP contribution >= 0.6 is 11.6 Å². The van der Waals surface area contributed by atoms with Crippen LogP contribution in [0.4, 0.5) is 8.78 Å². The topological polar surface area (TPSA) is 66.8 Å². The third-order valence-electron chi connectivity index (χ3n) is 2.42. The number of ether oxygens (including phenoxy) is 1. The van der Waals surface area contributed by atoms with Crippen molar-refractivity contribution in [3.8, 4) is 5.75 Å². The van der Waals surface area contributed by atoms with E-state index in [0.29, 0.717) is 24.3 Å². The van der Waals surface area contributed by atoms with Gasteiger partial charge in [-0.15, -0.1) is 11.6 Å². The zero-order chi connectivity index (χ0) is 14.4. The summed E-state index contributed by atoms with van der Waals surface area (Å²) in [5, 5.41) is 18.2. The number of carbonyl (C=O) groups is 1. The lowest BCUT2D eigenvalue weighted by Gasteiger charge is -2.14. The molecule has 1 aromatic rings. The van der Waals surface area contributed by atoms with E-state index in [1.54, 1.807) is 0 Å². The van der Waals surface area contributed by atoms with Gasteiger partial charge < -0.3 is 14.9 Å². The van der Waals surface area contributed by atoms with E-state index in [1.165, 1.54) is 18.2 Å². The van der Waals surface area contributed by atoms with Gasteiger partial charge in [-0.3, -0.25) is 0 Å². The summed E-state index contributed by atoms with van der Waals surface area (Å²) in [5.74, 6) is -1.46. The van der Waals surface area contributed by atoms with Crippen LogP contribution in [-0.4, -0.2) is 28.7 Å². The van der Waals surface area contributed by atoms with Gasteiger partial charge in [0.1, 0.15) is 5.75 Å². The van der Waals surface area contributed by atoms with Gasteiger partial charge in [-0.1, -0.05) is 6.07 Å². The monoisotopic (exact) mass is 294 g/mol. The molecule has 1 rings (SSSR count). The van der Waals surface area contributed by atoms with Gasteiger partial charge in [-0.05, 0) is 30.5 Å². The van der Waals surface area contributed by atoms with Crippen molar-refractivity contribution in [1.29, 1.82) is 0 Å². The quantitative estimate of drug-likeness (QED) is 0.759. The number of halogens is 3. The molecule has 0 saturated carbocycles. The van der Waals surface area contributed by atoms with Gasteiger partial charge in [0.25, 0.3) is 0 Å². The number of hydrogen-bond donors (Lipinski definition) is 2. The largest absolute Gasteiger partial charge is 0.479 e. The third-order valence-corrected chi connectivity index (χ3v) is 2.69. The highest BCUT2D eigenvalue weighted by Gasteiger charge is 2.22. The maximum atomic E-state index is 12.2. The Morgan fingerprint density at radius 2 is 2.11 bits per heavy atom. The van der Waals surface area contributed by atoms with Crippen LogP contribution in [0.25, 0.3) is 0 Å². The molecule has 0 aromatic heterocycles. The van der Waals surface area contributed by atoms with E-state index in [0.717, 1.165) is 0 Å². The van der Waals surface area contributed by atoms with Crippen LogP contribution in [0.3, 0.4) is 0 Å². The van der Waals surface area contributed by atoms with Crippen LogP contribution in [-0.2, 0) is 11.2 Å². The lowest BCUT2D eigenvalue weighted by molar-refractivity contribution is -0.147. The molecular weight excluding hydrogens is 282 g/mol. The van der Waals surface area contributed by atoms with Crippen LogP contribution in [0.2, 0.25) is 0 Å². The van der Waals surface area contributed by atoms with Crippen molar-refractivity contribution in [2.45, 2.75) is 25.6 Å². The maximum Gasteiger partial charge on any atom is 0.387 e. The predicted molar refractivity (Wildman–Crippen MR) is 64.7 cm³/mol. The van der Waals surface area contributed by atoms with Crippen molar-refractivity contribution < 1.29 is 28.5 Å². The average Bonchev–Trinajstić information content (AvgIpc) is 2.36. The van der Waals surface area contributed by atoms with E-state index < -0.39 is 18.7 Å². The Labute approximate surface area is 113 Å². The number of hydrogen-bond acceptors (Lipinski definition) is 3. The van der Waals surface area contributed by atoms with Crippen LogP contribution in [0.1, 0.15) is 23.7 Å². The molecule has 19 heavy (non-hydrogen) atoms. The van der Waals surface area contributed by atoms with Crippen LogP contribution in [0.15, 0.2) is 18.2 Å². The summed E-state index contributed by atoms with van der Waals surface area (Å²) in [5.41, 5.74) is 0.498. The molecule has 0 bridgehead atoms. The lowest BCUT2D eigenvalue weighted by Crippen LogP contribution is -2.14. The van der Waals surface area contributed by atoms with Gasteiger partial charge in [0.15, 0.2) is 6.10 Å². The summed E-state index contributed by atoms with van der Waals surface area (Å²) in [6, 6.07) is 4.09. The van der Waals surface area contributed by atoms with Gasteiger partial charge >= 0.3 is 12.6 Å². The summed E-state index contributed by atoms with van der Waals surface area (Å²) < 4.78 is 28.6. The van der Waals surface area contributed by atoms with Crippen molar-refractivity contribution in [3.05, 3.63) is 29.3 Å². The van der Waals surface area contributed by atoms with Gasteiger partial charge in [-0.25, -0.2) is 4.79 Å². The molecule has 7 heteroatoms. The molecule has 4 nitrogen and oxygen atoms in total. The van der Waals surface area contributed by atoms with Crippen LogP contribution < -0.4 is 4.74 Å². The molecule has 0 saturated heterocycles. The van der Waals surface area contributed by atoms with Crippen molar-refractivity contribution in [2.24, 2.45) is 0 Å². The highest BCUT2D eigenvalue weighted by Crippen LogP contribution is 2.28. The number of carboxylic acid groups (broad SMARTS) is 1. The highest BCUT2D eigenvalue weighted by molar-refractivity contribution is 6.17.